The first-order chi connectivity index (χ1) is 7.66. The number of hydrogen-bond donors (Lipinski definition) is 1. The van der Waals surface area contributed by atoms with E-state index in [1.54, 1.807) is 12.1 Å². The molecule has 5 heteroatoms. The molecule has 0 amide bonds. The third kappa shape index (κ3) is 2.30. The maximum atomic E-state index is 10.7. The minimum absolute atomic E-state index is 0.0466. The van der Waals surface area contributed by atoms with Gasteiger partial charge in [-0.2, -0.15) is 0 Å². The van der Waals surface area contributed by atoms with Crippen molar-refractivity contribution in [1.82, 2.24) is 0 Å². The molecule has 16 heavy (non-hydrogen) atoms. The van der Waals surface area contributed by atoms with Crippen LogP contribution in [0.25, 0.3) is 0 Å². The van der Waals surface area contributed by atoms with Gasteiger partial charge in [0.1, 0.15) is 5.69 Å². The monoisotopic (exact) mass is 222 g/mol. The molecule has 1 aromatic carbocycles. The third-order valence-corrected chi connectivity index (χ3v) is 2.83. The molecule has 0 radical (unpaired) electrons. The second kappa shape index (κ2) is 4.49. The zero-order chi connectivity index (χ0) is 11.5. The highest BCUT2D eigenvalue weighted by molar-refractivity contribution is 5.59. The summed E-state index contributed by atoms with van der Waals surface area (Å²) >= 11 is 0. The summed E-state index contributed by atoms with van der Waals surface area (Å²) in [5, 5.41) is 10.7. The van der Waals surface area contributed by atoms with Crippen molar-refractivity contribution in [3.8, 4) is 0 Å². The van der Waals surface area contributed by atoms with Crippen LogP contribution in [0.1, 0.15) is 24.8 Å². The fraction of sp³-hybridized carbons (Fsp3) is 0.455. The van der Waals surface area contributed by atoms with Crippen molar-refractivity contribution in [2.45, 2.75) is 32.0 Å². The van der Waals surface area contributed by atoms with Crippen LogP contribution < -0.4 is 5.73 Å². The van der Waals surface area contributed by atoms with E-state index in [-0.39, 0.29) is 11.4 Å². The minimum Gasteiger partial charge on any atom is -0.393 e. The van der Waals surface area contributed by atoms with Crippen LogP contribution in [0.15, 0.2) is 18.2 Å². The van der Waals surface area contributed by atoms with E-state index in [2.05, 4.69) is 0 Å². The summed E-state index contributed by atoms with van der Waals surface area (Å²) in [5.74, 6) is 0. The van der Waals surface area contributed by atoms with Crippen molar-refractivity contribution in [1.29, 1.82) is 0 Å². The molecule has 1 saturated carbocycles. The molecule has 0 saturated heterocycles. The van der Waals surface area contributed by atoms with Crippen LogP contribution in [0.3, 0.4) is 0 Å². The Morgan fingerprint density at radius 1 is 1.50 bits per heavy atom. The normalized spacial score (nSPS) is 15.8. The van der Waals surface area contributed by atoms with E-state index >= 15 is 0 Å². The lowest BCUT2D eigenvalue weighted by Crippen LogP contribution is -2.21. The van der Waals surface area contributed by atoms with Crippen molar-refractivity contribution >= 4 is 11.4 Å². The first kappa shape index (κ1) is 10.9. The van der Waals surface area contributed by atoms with Crippen molar-refractivity contribution < 1.29 is 9.66 Å². The topological polar surface area (TPSA) is 78.4 Å². The van der Waals surface area contributed by atoms with Gasteiger partial charge in [-0.25, -0.2) is 0 Å². The molecule has 2 rings (SSSR count). The molecular weight excluding hydrogens is 208 g/mol. The van der Waals surface area contributed by atoms with E-state index < -0.39 is 4.92 Å². The summed E-state index contributed by atoms with van der Waals surface area (Å²) in [4.78, 5) is 10.2. The largest absolute Gasteiger partial charge is 0.393 e. The van der Waals surface area contributed by atoms with Crippen LogP contribution in [-0.4, -0.2) is 11.0 Å². The second-order valence-electron chi connectivity index (χ2n) is 4.01. The van der Waals surface area contributed by atoms with Crippen LogP contribution in [0.5, 0.6) is 0 Å². The zero-order valence-electron chi connectivity index (χ0n) is 8.89. The predicted molar refractivity (Wildman–Crippen MR) is 59.9 cm³/mol. The number of nitrogens with zero attached hydrogens (tertiary/aromatic N) is 1. The summed E-state index contributed by atoms with van der Waals surface area (Å²) in [5.41, 5.74) is 6.45. The molecule has 5 nitrogen and oxygen atoms in total. The van der Waals surface area contributed by atoms with E-state index in [4.69, 9.17) is 10.5 Å². The number of nitrogen functional groups attached to an aromatic ring is 1. The van der Waals surface area contributed by atoms with E-state index in [0.29, 0.717) is 12.7 Å². The highest BCUT2D eigenvalue weighted by atomic mass is 16.6. The van der Waals surface area contributed by atoms with Gasteiger partial charge in [0.15, 0.2) is 0 Å². The molecule has 1 aliphatic carbocycles. The highest BCUT2D eigenvalue weighted by Crippen LogP contribution is 2.26. The number of nitrogens with two attached hydrogens (primary N) is 1. The van der Waals surface area contributed by atoms with E-state index in [9.17, 15) is 10.1 Å². The third-order valence-electron chi connectivity index (χ3n) is 2.83. The van der Waals surface area contributed by atoms with Crippen LogP contribution in [0.4, 0.5) is 11.4 Å². The Morgan fingerprint density at radius 2 is 2.25 bits per heavy atom. The standard InChI is InChI=1S/C11H14N2O3/c12-10-5-4-8(6-11(10)13(14)15)7-16-9-2-1-3-9/h4-6,9H,1-3,7,12H2. The molecule has 2 N–H and O–H groups in total. The van der Waals surface area contributed by atoms with E-state index in [1.807, 2.05) is 0 Å². The maximum Gasteiger partial charge on any atom is 0.292 e. The highest BCUT2D eigenvalue weighted by Gasteiger charge is 2.18. The number of nitro benzene ring substituents is 1. The fourth-order valence-corrected chi connectivity index (χ4v) is 1.59. The van der Waals surface area contributed by atoms with Gasteiger partial charge in [0.05, 0.1) is 17.6 Å². The minimum atomic E-state index is -0.470. The summed E-state index contributed by atoms with van der Waals surface area (Å²) < 4.78 is 5.58. The molecule has 0 aliphatic heterocycles. The van der Waals surface area contributed by atoms with Gasteiger partial charge >= 0.3 is 0 Å². The van der Waals surface area contributed by atoms with Crippen molar-refractivity contribution in [3.05, 3.63) is 33.9 Å². The lowest BCUT2D eigenvalue weighted by atomic mass is 9.96. The Balaban J connectivity index is 2.03. The van der Waals surface area contributed by atoms with Gasteiger partial charge in [-0.1, -0.05) is 6.07 Å². The Morgan fingerprint density at radius 3 is 2.81 bits per heavy atom. The number of anilines is 1. The predicted octanol–water partition coefficient (Wildman–Crippen LogP) is 2.25. The Labute approximate surface area is 93.4 Å². The molecular formula is C11H14N2O3. The van der Waals surface area contributed by atoms with Gasteiger partial charge < -0.3 is 10.5 Å². The molecule has 0 unspecified atom stereocenters. The Bertz CT molecular complexity index is 402. The molecule has 0 atom stereocenters. The molecule has 0 bridgehead atoms. The number of nitro groups is 1. The summed E-state index contributed by atoms with van der Waals surface area (Å²) in [6.07, 6.45) is 3.73. The molecule has 0 heterocycles. The second-order valence-corrected chi connectivity index (χ2v) is 4.01. The summed E-state index contributed by atoms with van der Waals surface area (Å²) in [7, 11) is 0. The maximum absolute atomic E-state index is 10.7. The zero-order valence-corrected chi connectivity index (χ0v) is 8.89. The lowest BCUT2D eigenvalue weighted by molar-refractivity contribution is -0.384. The lowest BCUT2D eigenvalue weighted by Gasteiger charge is -2.25. The van der Waals surface area contributed by atoms with Crippen LogP contribution in [0.2, 0.25) is 0 Å². The number of hydrogen-bond acceptors (Lipinski definition) is 4. The molecule has 1 aromatic rings. The van der Waals surface area contributed by atoms with Gasteiger partial charge in [-0.05, 0) is 30.9 Å². The van der Waals surface area contributed by atoms with Gasteiger partial charge in [0.2, 0.25) is 0 Å². The van der Waals surface area contributed by atoms with Gasteiger partial charge in [-0.15, -0.1) is 0 Å². The van der Waals surface area contributed by atoms with E-state index in [1.165, 1.54) is 12.5 Å². The number of benzene rings is 1. The van der Waals surface area contributed by atoms with Crippen LogP contribution in [-0.2, 0) is 11.3 Å². The molecule has 0 spiro atoms. The first-order valence-corrected chi connectivity index (χ1v) is 5.31. The van der Waals surface area contributed by atoms with Crippen molar-refractivity contribution in [2.24, 2.45) is 0 Å². The molecule has 0 aromatic heterocycles. The van der Waals surface area contributed by atoms with Crippen molar-refractivity contribution in [2.75, 3.05) is 5.73 Å². The SMILES string of the molecule is Nc1ccc(COC2CCC2)cc1[N+](=O)[O-]. The molecule has 1 fully saturated rings. The molecule has 86 valence electrons. The average Bonchev–Trinajstić information content (AvgIpc) is 2.17. The number of ether oxygens (including phenoxy) is 1. The Kier molecular flexibility index (Phi) is 3.05. The van der Waals surface area contributed by atoms with Crippen LogP contribution in [0, 0.1) is 10.1 Å². The van der Waals surface area contributed by atoms with Crippen LogP contribution >= 0.6 is 0 Å². The van der Waals surface area contributed by atoms with Crippen molar-refractivity contribution in [3.63, 3.8) is 0 Å². The Hall–Kier alpha value is -1.62. The quantitative estimate of drug-likeness (QED) is 0.481. The van der Waals surface area contributed by atoms with Gasteiger partial charge in [0.25, 0.3) is 5.69 Å². The first-order valence-electron chi connectivity index (χ1n) is 5.31. The summed E-state index contributed by atoms with van der Waals surface area (Å²) in [6.45, 7) is 0.422. The van der Waals surface area contributed by atoms with E-state index in [0.717, 1.165) is 18.4 Å². The van der Waals surface area contributed by atoms with Gasteiger partial charge in [-0.3, -0.25) is 10.1 Å². The van der Waals surface area contributed by atoms with Gasteiger partial charge in [0, 0.05) is 6.07 Å². The average molecular weight is 222 g/mol. The smallest absolute Gasteiger partial charge is 0.292 e. The molecule has 1 aliphatic rings. The number of rotatable bonds is 4. The summed E-state index contributed by atoms with van der Waals surface area (Å²) in [6, 6.07) is 4.80. The fourth-order valence-electron chi connectivity index (χ4n) is 1.59.